The summed E-state index contributed by atoms with van der Waals surface area (Å²) in [5.74, 6) is 0.394. The van der Waals surface area contributed by atoms with E-state index in [-0.39, 0.29) is 16.8 Å². The normalized spacial score (nSPS) is 12.8. The fourth-order valence-corrected chi connectivity index (χ4v) is 3.03. The van der Waals surface area contributed by atoms with Crippen molar-refractivity contribution in [2.45, 2.75) is 66.2 Å². The highest BCUT2D eigenvalue weighted by Crippen LogP contribution is 2.41. The van der Waals surface area contributed by atoms with E-state index < -0.39 is 0 Å². The zero-order valence-corrected chi connectivity index (χ0v) is 17.9. The summed E-state index contributed by atoms with van der Waals surface area (Å²) in [5.41, 5.74) is 4.63. The van der Waals surface area contributed by atoms with Crippen molar-refractivity contribution in [1.29, 1.82) is 0 Å². The van der Waals surface area contributed by atoms with Crippen LogP contribution >= 0.6 is 0 Å². The number of hydrogen-bond donors (Lipinski definition) is 0. The van der Waals surface area contributed by atoms with Gasteiger partial charge in [-0.1, -0.05) is 89.6 Å². The Labute approximate surface area is 164 Å². The van der Waals surface area contributed by atoms with Gasteiger partial charge in [0.15, 0.2) is 0 Å². The highest BCUT2D eigenvalue weighted by Gasteiger charge is 2.29. The minimum Gasteiger partial charge on any atom is -0.423 e. The summed E-state index contributed by atoms with van der Waals surface area (Å²) in [5, 5.41) is 0. The summed E-state index contributed by atoms with van der Waals surface area (Å²) in [6, 6.07) is 14.1. The summed E-state index contributed by atoms with van der Waals surface area (Å²) < 4.78 is 6.01. The minimum absolute atomic E-state index is 0.126. The smallest absolute Gasteiger partial charge is 0.339 e. The predicted octanol–water partition coefficient (Wildman–Crippen LogP) is 6.60. The monoisotopic (exact) mass is 364 g/mol. The molecule has 144 valence electrons. The largest absolute Gasteiger partial charge is 0.423 e. The van der Waals surface area contributed by atoms with Crippen LogP contribution in [-0.2, 0) is 15.6 Å². The van der Waals surface area contributed by atoms with Crippen molar-refractivity contribution in [1.82, 2.24) is 0 Å². The summed E-state index contributed by atoms with van der Waals surface area (Å²) >= 11 is 0. The Morgan fingerprint density at radius 1 is 0.889 bits per heavy atom. The predicted molar refractivity (Wildman–Crippen MR) is 114 cm³/mol. The molecule has 0 heterocycles. The molecule has 2 aromatic carbocycles. The maximum absolute atomic E-state index is 12.9. The van der Waals surface area contributed by atoms with E-state index in [1.54, 1.807) is 6.92 Å². The number of carbonyl (C=O) groups is 1. The Balaban J connectivity index is 2.51. The van der Waals surface area contributed by atoms with E-state index in [4.69, 9.17) is 4.74 Å². The van der Waals surface area contributed by atoms with Crippen LogP contribution in [0, 0.1) is 6.92 Å². The molecule has 0 unspecified atom stereocenters. The molecule has 2 aromatic rings. The lowest BCUT2D eigenvalue weighted by molar-refractivity contribution is -0.130. The molecule has 0 bridgehead atoms. The molecule has 0 N–H and O–H groups in total. The van der Waals surface area contributed by atoms with E-state index in [0.29, 0.717) is 11.3 Å². The zero-order chi connectivity index (χ0) is 20.4. The Bertz CT molecular complexity index is 809. The molecule has 0 saturated heterocycles. The number of ether oxygens (including phenoxy) is 1. The van der Waals surface area contributed by atoms with Crippen molar-refractivity contribution in [2.24, 2.45) is 0 Å². The van der Waals surface area contributed by atoms with Gasteiger partial charge in [-0.3, -0.25) is 0 Å². The Morgan fingerprint density at radius 3 is 1.81 bits per heavy atom. The quantitative estimate of drug-likeness (QED) is 0.348. The van der Waals surface area contributed by atoms with Crippen molar-refractivity contribution in [3.63, 3.8) is 0 Å². The number of rotatable bonds is 3. The van der Waals surface area contributed by atoms with Gasteiger partial charge < -0.3 is 4.74 Å². The second kappa shape index (κ2) is 7.72. The van der Waals surface area contributed by atoms with Gasteiger partial charge in [-0.05, 0) is 36.3 Å². The lowest BCUT2D eigenvalue weighted by Crippen LogP contribution is -2.22. The van der Waals surface area contributed by atoms with E-state index in [2.05, 4.69) is 60.6 Å². The molecule has 0 fully saturated rings. The molecule has 27 heavy (non-hydrogen) atoms. The zero-order valence-electron chi connectivity index (χ0n) is 17.9. The Hall–Kier alpha value is -2.35. The third-order valence-corrected chi connectivity index (χ3v) is 4.55. The highest BCUT2D eigenvalue weighted by molar-refractivity contribution is 5.94. The molecule has 0 amide bonds. The van der Waals surface area contributed by atoms with E-state index in [1.165, 1.54) is 5.56 Å². The van der Waals surface area contributed by atoms with Crippen LogP contribution in [0.15, 0.2) is 48.0 Å². The first-order chi connectivity index (χ1) is 12.4. The van der Waals surface area contributed by atoms with Crippen LogP contribution in [0.2, 0.25) is 0 Å². The van der Waals surface area contributed by atoms with Crippen LogP contribution in [-0.4, -0.2) is 5.97 Å². The summed E-state index contributed by atoms with van der Waals surface area (Å²) in [4.78, 5) is 12.9. The minimum atomic E-state index is -0.307. The number of benzene rings is 2. The third kappa shape index (κ3) is 5.32. The molecule has 0 saturated carbocycles. The van der Waals surface area contributed by atoms with Crippen LogP contribution in [0.25, 0.3) is 6.08 Å². The van der Waals surface area contributed by atoms with E-state index in [9.17, 15) is 4.79 Å². The average Bonchev–Trinajstić information content (AvgIpc) is 2.55. The molecule has 2 rings (SSSR count). The molecule has 0 spiro atoms. The molecule has 2 nitrogen and oxygen atoms in total. The van der Waals surface area contributed by atoms with Crippen LogP contribution < -0.4 is 4.74 Å². The van der Waals surface area contributed by atoms with E-state index in [0.717, 1.165) is 16.7 Å². The second-order valence-electron chi connectivity index (χ2n) is 9.32. The first-order valence-electron chi connectivity index (χ1n) is 9.51. The van der Waals surface area contributed by atoms with Gasteiger partial charge in [-0.15, -0.1) is 0 Å². The molecular formula is C25H32O2. The highest BCUT2D eigenvalue weighted by atomic mass is 16.5. The van der Waals surface area contributed by atoms with Gasteiger partial charge in [-0.2, -0.15) is 0 Å². The molecule has 0 atom stereocenters. The first-order valence-corrected chi connectivity index (χ1v) is 9.51. The van der Waals surface area contributed by atoms with Crippen LogP contribution in [0.4, 0.5) is 0 Å². The van der Waals surface area contributed by atoms with Crippen LogP contribution in [0.3, 0.4) is 0 Å². The van der Waals surface area contributed by atoms with Crippen molar-refractivity contribution in [3.05, 3.63) is 70.3 Å². The van der Waals surface area contributed by atoms with Crippen molar-refractivity contribution >= 4 is 12.0 Å². The van der Waals surface area contributed by atoms with Gasteiger partial charge >= 0.3 is 5.97 Å². The SMILES string of the molecule is C/C(=C\c1ccccc1)C(=O)Oc1c(C(C)(C)C)cc(C)cc1C(C)(C)C. The van der Waals surface area contributed by atoms with Gasteiger partial charge in [0.25, 0.3) is 0 Å². The standard InChI is InChI=1S/C25H32O2/c1-17-14-20(24(3,4)5)22(21(15-17)25(6,7)8)27-23(26)18(2)16-19-12-10-9-11-13-19/h9-16H,1-8H3/b18-16+. The van der Waals surface area contributed by atoms with Gasteiger partial charge in [0.05, 0.1) is 0 Å². The topological polar surface area (TPSA) is 26.3 Å². The van der Waals surface area contributed by atoms with Crippen molar-refractivity contribution in [2.75, 3.05) is 0 Å². The number of carbonyl (C=O) groups excluding carboxylic acids is 1. The third-order valence-electron chi connectivity index (χ3n) is 4.55. The Morgan fingerprint density at radius 2 is 1.37 bits per heavy atom. The summed E-state index contributed by atoms with van der Waals surface area (Å²) in [6.45, 7) is 16.8. The maximum atomic E-state index is 12.9. The molecule has 0 aliphatic rings. The molecule has 0 aromatic heterocycles. The van der Waals surface area contributed by atoms with Gasteiger partial charge in [0.2, 0.25) is 0 Å². The Kier molecular flexibility index (Phi) is 5.99. The number of hydrogen-bond acceptors (Lipinski definition) is 2. The van der Waals surface area contributed by atoms with Crippen molar-refractivity contribution in [3.8, 4) is 5.75 Å². The lowest BCUT2D eigenvalue weighted by atomic mass is 9.78. The van der Waals surface area contributed by atoms with Crippen molar-refractivity contribution < 1.29 is 9.53 Å². The molecule has 0 aliphatic carbocycles. The summed E-state index contributed by atoms with van der Waals surface area (Å²) in [6.07, 6.45) is 1.87. The van der Waals surface area contributed by atoms with Crippen LogP contribution in [0.5, 0.6) is 5.75 Å². The molecule has 0 aliphatic heterocycles. The van der Waals surface area contributed by atoms with Crippen LogP contribution in [0.1, 0.15) is 70.7 Å². The van der Waals surface area contributed by atoms with Gasteiger partial charge in [-0.25, -0.2) is 4.79 Å². The second-order valence-corrected chi connectivity index (χ2v) is 9.32. The molecule has 2 heteroatoms. The van der Waals surface area contributed by atoms with Gasteiger partial charge in [0, 0.05) is 16.7 Å². The van der Waals surface area contributed by atoms with E-state index >= 15 is 0 Å². The van der Waals surface area contributed by atoms with Gasteiger partial charge in [0.1, 0.15) is 5.75 Å². The fourth-order valence-electron chi connectivity index (χ4n) is 3.03. The molecule has 0 radical (unpaired) electrons. The van der Waals surface area contributed by atoms with E-state index in [1.807, 2.05) is 36.4 Å². The lowest BCUT2D eigenvalue weighted by Gasteiger charge is -2.29. The number of aryl methyl sites for hydroxylation is 1. The molecular weight excluding hydrogens is 332 g/mol. The summed E-state index contributed by atoms with van der Waals surface area (Å²) in [7, 11) is 0. The first kappa shape index (κ1) is 21.0. The number of esters is 1. The maximum Gasteiger partial charge on any atom is 0.339 e. The fraction of sp³-hybridized carbons (Fsp3) is 0.400. The average molecular weight is 365 g/mol.